The van der Waals surface area contributed by atoms with Gasteiger partial charge in [0.25, 0.3) is 0 Å². The highest BCUT2D eigenvalue weighted by Gasteiger charge is 2.24. The third-order valence-corrected chi connectivity index (χ3v) is 5.91. The van der Waals surface area contributed by atoms with Crippen LogP contribution in [-0.4, -0.2) is 44.0 Å². The van der Waals surface area contributed by atoms with Gasteiger partial charge in [0, 0.05) is 37.7 Å². The Labute approximate surface area is 157 Å². The molecule has 0 spiro atoms. The van der Waals surface area contributed by atoms with Crippen LogP contribution in [0.5, 0.6) is 0 Å². The predicted octanol–water partition coefficient (Wildman–Crippen LogP) is 2.44. The van der Waals surface area contributed by atoms with Gasteiger partial charge in [-0.05, 0) is 55.2 Å². The third-order valence-electron chi connectivity index (χ3n) is 4.50. The van der Waals surface area contributed by atoms with E-state index >= 15 is 0 Å². The minimum absolute atomic E-state index is 0.140. The molecule has 1 fully saturated rings. The molecule has 1 aromatic heterocycles. The van der Waals surface area contributed by atoms with E-state index < -0.39 is 10.0 Å². The van der Waals surface area contributed by atoms with E-state index in [1.807, 2.05) is 0 Å². The van der Waals surface area contributed by atoms with E-state index in [0.717, 1.165) is 0 Å². The number of rotatable bonds is 5. The van der Waals surface area contributed by atoms with Crippen LogP contribution >= 0.6 is 0 Å². The van der Waals surface area contributed by atoms with Gasteiger partial charge in [-0.25, -0.2) is 22.3 Å². The first-order valence-electron chi connectivity index (χ1n) is 8.65. The lowest BCUT2D eigenvalue weighted by molar-refractivity contribution is 0.183. The van der Waals surface area contributed by atoms with Crippen molar-refractivity contribution in [1.29, 1.82) is 0 Å². The van der Waals surface area contributed by atoms with Crippen LogP contribution in [0.15, 0.2) is 53.7 Å². The number of nitrogens with one attached hydrogen (secondary N) is 2. The Bertz CT molecular complexity index is 867. The minimum Gasteiger partial charge on any atom is -0.325 e. The molecule has 144 valence electrons. The molecule has 1 aromatic carbocycles. The van der Waals surface area contributed by atoms with Crippen LogP contribution in [0.3, 0.4) is 0 Å². The average Bonchev–Trinajstić information content (AvgIpc) is 2.69. The molecule has 0 aliphatic carbocycles. The Balaban J connectivity index is 1.46. The predicted molar refractivity (Wildman–Crippen MR) is 99.1 cm³/mol. The van der Waals surface area contributed by atoms with Crippen LogP contribution in [0.2, 0.25) is 0 Å². The lowest BCUT2D eigenvalue weighted by Gasteiger charge is -2.32. The van der Waals surface area contributed by atoms with Crippen molar-refractivity contribution >= 4 is 21.7 Å². The van der Waals surface area contributed by atoms with Crippen molar-refractivity contribution in [2.45, 2.75) is 17.7 Å². The van der Waals surface area contributed by atoms with E-state index in [1.54, 1.807) is 11.0 Å². The van der Waals surface area contributed by atoms with Gasteiger partial charge >= 0.3 is 6.03 Å². The van der Waals surface area contributed by atoms with Gasteiger partial charge in [-0.15, -0.1) is 0 Å². The maximum Gasteiger partial charge on any atom is 0.321 e. The minimum atomic E-state index is -3.57. The lowest BCUT2D eigenvalue weighted by Crippen LogP contribution is -2.43. The summed E-state index contributed by atoms with van der Waals surface area (Å²) in [4.78, 5) is 17.9. The van der Waals surface area contributed by atoms with Gasteiger partial charge in [-0.2, -0.15) is 0 Å². The van der Waals surface area contributed by atoms with Crippen LogP contribution in [0.1, 0.15) is 12.8 Å². The summed E-state index contributed by atoms with van der Waals surface area (Å²) < 4.78 is 40.0. The highest BCUT2D eigenvalue weighted by Crippen LogP contribution is 2.19. The molecule has 0 saturated carbocycles. The molecule has 27 heavy (non-hydrogen) atoms. The molecule has 2 heterocycles. The summed E-state index contributed by atoms with van der Waals surface area (Å²) >= 11 is 0. The van der Waals surface area contributed by atoms with Crippen molar-refractivity contribution in [2.24, 2.45) is 5.92 Å². The van der Waals surface area contributed by atoms with E-state index in [9.17, 15) is 17.6 Å². The Morgan fingerprint density at radius 1 is 1.19 bits per heavy atom. The monoisotopic (exact) mass is 392 g/mol. The first-order valence-corrected chi connectivity index (χ1v) is 10.1. The fourth-order valence-corrected chi connectivity index (χ4v) is 3.97. The Morgan fingerprint density at radius 3 is 2.52 bits per heavy atom. The summed E-state index contributed by atoms with van der Waals surface area (Å²) in [7, 11) is -3.57. The van der Waals surface area contributed by atoms with Crippen LogP contribution in [-0.2, 0) is 10.0 Å². The smallest absolute Gasteiger partial charge is 0.321 e. The third kappa shape index (κ3) is 5.24. The molecule has 0 radical (unpaired) electrons. The van der Waals surface area contributed by atoms with E-state index in [2.05, 4.69) is 15.0 Å². The SMILES string of the molecule is O=C(Nc1ccc(F)cc1)N1CCC(CNS(=O)(=O)c2cccnc2)CC1. The number of piperidine rings is 1. The molecule has 1 aliphatic rings. The van der Waals surface area contributed by atoms with Crippen LogP contribution in [0.4, 0.5) is 14.9 Å². The second kappa shape index (κ2) is 8.45. The van der Waals surface area contributed by atoms with Gasteiger partial charge in [-0.1, -0.05) is 0 Å². The zero-order valence-electron chi connectivity index (χ0n) is 14.6. The average molecular weight is 392 g/mol. The van der Waals surface area contributed by atoms with Gasteiger partial charge in [0.2, 0.25) is 10.0 Å². The lowest BCUT2D eigenvalue weighted by atomic mass is 9.97. The van der Waals surface area contributed by atoms with E-state index in [-0.39, 0.29) is 22.7 Å². The number of carbonyl (C=O) groups is 1. The molecule has 0 bridgehead atoms. The first kappa shape index (κ1) is 19.2. The van der Waals surface area contributed by atoms with Crippen LogP contribution in [0.25, 0.3) is 0 Å². The molecule has 0 unspecified atom stereocenters. The van der Waals surface area contributed by atoms with Crippen LogP contribution in [0, 0.1) is 11.7 Å². The maximum atomic E-state index is 12.9. The van der Waals surface area contributed by atoms with Crippen molar-refractivity contribution in [2.75, 3.05) is 25.0 Å². The van der Waals surface area contributed by atoms with Gasteiger partial charge < -0.3 is 10.2 Å². The number of likely N-dealkylation sites (tertiary alicyclic amines) is 1. The maximum absolute atomic E-state index is 12.9. The number of carbonyl (C=O) groups excluding carboxylic acids is 1. The zero-order chi connectivity index (χ0) is 19.3. The number of halogens is 1. The number of nitrogens with zero attached hydrogens (tertiary/aromatic N) is 2. The first-order chi connectivity index (χ1) is 12.9. The summed E-state index contributed by atoms with van der Waals surface area (Å²) in [5.74, 6) is -0.200. The molecule has 2 aromatic rings. The van der Waals surface area contributed by atoms with Crippen molar-refractivity contribution < 1.29 is 17.6 Å². The molecule has 9 heteroatoms. The summed E-state index contributed by atoms with van der Waals surface area (Å²) in [5, 5.41) is 2.73. The molecule has 2 amide bonds. The quantitative estimate of drug-likeness (QED) is 0.818. The molecule has 7 nitrogen and oxygen atoms in total. The number of hydrogen-bond donors (Lipinski definition) is 2. The molecule has 1 saturated heterocycles. The Kier molecular flexibility index (Phi) is 6.02. The second-order valence-electron chi connectivity index (χ2n) is 6.41. The summed E-state index contributed by atoms with van der Waals surface area (Å²) in [6.45, 7) is 1.39. The number of anilines is 1. The number of amides is 2. The van der Waals surface area contributed by atoms with Crippen molar-refractivity contribution in [1.82, 2.24) is 14.6 Å². The number of sulfonamides is 1. The van der Waals surface area contributed by atoms with Gasteiger partial charge in [0.15, 0.2) is 0 Å². The van der Waals surface area contributed by atoms with Gasteiger partial charge in [0.1, 0.15) is 10.7 Å². The zero-order valence-corrected chi connectivity index (χ0v) is 15.5. The van der Waals surface area contributed by atoms with Gasteiger partial charge in [-0.3, -0.25) is 4.98 Å². The molecule has 3 rings (SSSR count). The highest BCUT2D eigenvalue weighted by atomic mass is 32.2. The van der Waals surface area contributed by atoms with E-state index in [1.165, 1.54) is 42.7 Å². The molecule has 2 N–H and O–H groups in total. The van der Waals surface area contributed by atoms with Crippen molar-refractivity contribution in [3.8, 4) is 0 Å². The summed E-state index contributed by atoms with van der Waals surface area (Å²) in [5.41, 5.74) is 0.535. The van der Waals surface area contributed by atoms with Crippen molar-refractivity contribution in [3.05, 3.63) is 54.6 Å². The van der Waals surface area contributed by atoms with E-state index in [4.69, 9.17) is 0 Å². The fraction of sp³-hybridized carbons (Fsp3) is 0.333. The summed E-state index contributed by atoms with van der Waals surface area (Å²) in [6.07, 6.45) is 4.23. The summed E-state index contributed by atoms with van der Waals surface area (Å²) in [6, 6.07) is 8.42. The molecule has 1 aliphatic heterocycles. The largest absolute Gasteiger partial charge is 0.325 e. The second-order valence-corrected chi connectivity index (χ2v) is 8.18. The Morgan fingerprint density at radius 2 is 1.89 bits per heavy atom. The normalized spacial score (nSPS) is 15.5. The molecule has 0 atom stereocenters. The van der Waals surface area contributed by atoms with E-state index in [0.29, 0.717) is 38.2 Å². The molecular weight excluding hydrogens is 371 g/mol. The number of pyridine rings is 1. The number of urea groups is 1. The topological polar surface area (TPSA) is 91.4 Å². The highest BCUT2D eigenvalue weighted by molar-refractivity contribution is 7.89. The van der Waals surface area contributed by atoms with Gasteiger partial charge in [0.05, 0.1) is 0 Å². The number of hydrogen-bond acceptors (Lipinski definition) is 4. The molecular formula is C18H21FN4O3S. The standard InChI is InChI=1S/C18H21FN4O3S/c19-15-3-5-16(6-4-15)22-18(24)23-10-7-14(8-11-23)12-21-27(25,26)17-2-1-9-20-13-17/h1-6,9,13-14,21H,7-8,10-12H2,(H,22,24). The van der Waals surface area contributed by atoms with Crippen LogP contribution < -0.4 is 10.0 Å². The number of benzene rings is 1. The van der Waals surface area contributed by atoms with Crippen molar-refractivity contribution in [3.63, 3.8) is 0 Å². The number of aromatic nitrogens is 1. The Hall–Kier alpha value is -2.52. The fourth-order valence-electron chi connectivity index (χ4n) is 2.89.